The lowest BCUT2D eigenvalue weighted by molar-refractivity contribution is -0.333. The van der Waals surface area contributed by atoms with E-state index in [1.165, 1.54) is 77.5 Å². The minimum Gasteiger partial charge on any atom is -0.507 e. The van der Waals surface area contributed by atoms with Gasteiger partial charge in [0.15, 0.2) is 23.9 Å². The molecular formula is C68H83Cl2N9O24. The molecule has 103 heavy (non-hydrogen) atoms. The second kappa shape index (κ2) is 32.9. The van der Waals surface area contributed by atoms with E-state index >= 15 is 0 Å². The molecule has 0 spiro atoms. The van der Waals surface area contributed by atoms with Crippen LogP contribution in [0.15, 0.2) is 78.9 Å². The van der Waals surface area contributed by atoms with E-state index in [1.54, 1.807) is 0 Å². The number of aliphatic hydroxyl groups excluding tert-OH is 7. The van der Waals surface area contributed by atoms with Gasteiger partial charge < -0.3 is 128 Å². The van der Waals surface area contributed by atoms with Crippen LogP contribution in [0.5, 0.6) is 46.0 Å². The number of aliphatic hydroxyl groups is 7. The highest BCUT2D eigenvalue weighted by atomic mass is 35.5. The van der Waals surface area contributed by atoms with Gasteiger partial charge in [0.2, 0.25) is 47.5 Å². The number of nitrogens with two attached hydrogens (primary N) is 2. The molecule has 10 rings (SSSR count). The van der Waals surface area contributed by atoms with E-state index < -0.39 is 204 Å². The van der Waals surface area contributed by atoms with Gasteiger partial charge in [-0.05, 0) is 116 Å². The van der Waals surface area contributed by atoms with Crippen molar-refractivity contribution in [3.63, 3.8) is 0 Å². The third-order valence-electron chi connectivity index (χ3n) is 17.9. The quantitative estimate of drug-likeness (QED) is 0.0529. The Kier molecular flexibility index (Phi) is 25.1. The highest BCUT2D eigenvalue weighted by Gasteiger charge is 2.51. The first-order valence-corrected chi connectivity index (χ1v) is 33.2. The standard InChI is InChI=1S/C68H83Cl2N9O24/c1-26(2)14-37(73-5)61(90)79-53-55(86)30-10-13-42(36(70)18-30)100-44-20-31(50(63(92)74-6)77-62(91)38(23-46(71)83)75-64(53)93)19-43(58(44)103-67-59(57(88)56(87)45(25-80)101-67)102-48-24-68(4,72)60(89)27(3)98-48)99-41-12-9-29(17-35(41)69)54(85)52-65(94)78-51(66(95)96)34-21-32(97-7)22-40(82)49(34)33-15-28(8-11-39(33)81)16-47(84)76-52/h8-13,15,17-22,26-27,37-38,45,48,50-57,59-60,65,67,73,78,80-82,85-89,94H,14,16,23-25,72H2,1-7H3,(H2,71,83)(H,74,92)(H,75,93)(H,76,84)(H,77,91)(H,79,90)(H,95,96)/t27-,37+,38-,45+,48-,50+,51-,52-,53?,54+,55+,56+,57-,59+,60+,65+,67?,68-/m0/s1. The summed E-state index contributed by atoms with van der Waals surface area (Å²) in [5.41, 5.74) is 9.92. The van der Waals surface area contributed by atoms with E-state index in [0.29, 0.717) is 0 Å². The molecule has 5 aliphatic heterocycles. The summed E-state index contributed by atoms with van der Waals surface area (Å²) in [6.07, 6.45) is -20.5. The summed E-state index contributed by atoms with van der Waals surface area (Å²) in [6, 6.07) is 5.14. The number of carboxylic acid groups (broad SMARTS) is 1. The number of carbonyl (C=O) groups excluding carboxylic acids is 6. The number of phenols is 2. The third-order valence-corrected chi connectivity index (χ3v) is 18.5. The highest BCUT2D eigenvalue weighted by Crippen LogP contribution is 2.49. The first kappa shape index (κ1) is 78.4. The monoisotopic (exact) mass is 1480 g/mol. The minimum absolute atomic E-state index is 0.0287. The lowest BCUT2D eigenvalue weighted by atomic mass is 9.86. The van der Waals surface area contributed by atoms with Gasteiger partial charge in [0.1, 0.15) is 89.7 Å². The molecule has 18 atom stereocenters. The van der Waals surface area contributed by atoms with Crippen LogP contribution < -0.4 is 67.6 Å². The van der Waals surface area contributed by atoms with Gasteiger partial charge in [-0.2, -0.15) is 0 Å². The molecule has 0 radical (unpaired) electrons. The SMILES string of the molecule is CNC(=O)[C@@H]1NC(=O)[C@H](CC(N)=O)NC(=O)C(NC(=O)[C@@H](CC(C)C)NC)[C@H](O)c2ccc(c(Cl)c2)Oc2cc1cc(Oc1ccc([C@@H](O)[C@@H]3NC(=O)Cc4ccc(O)c(c4)-c4c(O)cc(OC)cc4[C@@H](C(=O)O)N[C@@H]3O)cc1Cl)c2OC1O[C@H](CO)[C@@H](O)[C@H](O)[C@H]1O[C@H]1C[C@](C)(N)[C@H](O)[C@H](C)O1. The summed E-state index contributed by atoms with van der Waals surface area (Å²) < 4.78 is 43.6. The van der Waals surface area contributed by atoms with E-state index in [2.05, 4.69) is 37.2 Å². The first-order valence-electron chi connectivity index (χ1n) is 32.5. The Bertz CT molecular complexity index is 4000. The number of carboxylic acids is 1. The van der Waals surface area contributed by atoms with E-state index in [0.717, 1.165) is 36.4 Å². The molecule has 2 unspecified atom stereocenters. The fourth-order valence-electron chi connectivity index (χ4n) is 12.5. The average Bonchev–Trinajstić information content (AvgIpc) is 0.843. The average molecular weight is 1480 g/mol. The van der Waals surface area contributed by atoms with Crippen molar-refractivity contribution in [2.24, 2.45) is 17.4 Å². The Labute approximate surface area is 599 Å². The molecule has 33 nitrogen and oxygen atoms in total. The van der Waals surface area contributed by atoms with Gasteiger partial charge in [-0.3, -0.25) is 38.9 Å². The Morgan fingerprint density at radius 1 is 0.825 bits per heavy atom. The van der Waals surface area contributed by atoms with Crippen molar-refractivity contribution in [2.75, 3.05) is 27.8 Å². The second-order valence-electron chi connectivity index (χ2n) is 26.0. The van der Waals surface area contributed by atoms with E-state index in [9.17, 15) is 84.6 Å². The maximum Gasteiger partial charge on any atom is 0.325 e. The number of aliphatic carboxylic acids is 1. The van der Waals surface area contributed by atoms with Crippen molar-refractivity contribution in [2.45, 2.75) is 163 Å². The van der Waals surface area contributed by atoms with Gasteiger partial charge in [-0.1, -0.05) is 55.2 Å². The van der Waals surface area contributed by atoms with E-state index in [4.69, 9.17) is 67.8 Å². The lowest BCUT2D eigenvalue weighted by Crippen LogP contribution is -2.64. The maximum absolute atomic E-state index is 14.8. The molecule has 2 saturated heterocycles. The lowest BCUT2D eigenvalue weighted by Gasteiger charge is -2.47. The zero-order valence-corrected chi connectivity index (χ0v) is 58.0. The van der Waals surface area contributed by atoms with Crippen LogP contribution in [-0.2, 0) is 54.2 Å². The molecular weight excluding hydrogens is 1400 g/mol. The number of hydrogen-bond acceptors (Lipinski definition) is 26. The highest BCUT2D eigenvalue weighted by molar-refractivity contribution is 6.32. The molecule has 5 aliphatic rings. The van der Waals surface area contributed by atoms with Crippen LogP contribution in [0.25, 0.3) is 11.1 Å². The molecule has 5 aromatic rings. The van der Waals surface area contributed by atoms with Crippen molar-refractivity contribution in [3.8, 4) is 57.1 Å². The second-order valence-corrected chi connectivity index (χ2v) is 26.8. The Morgan fingerprint density at radius 3 is 2.18 bits per heavy atom. The van der Waals surface area contributed by atoms with Crippen molar-refractivity contribution in [3.05, 3.63) is 117 Å². The largest absolute Gasteiger partial charge is 0.507 e. The van der Waals surface area contributed by atoms with Crippen LogP contribution in [0.1, 0.15) is 99.1 Å². The first-order chi connectivity index (χ1) is 48.6. The summed E-state index contributed by atoms with van der Waals surface area (Å²) in [5, 5.41) is 131. The predicted molar refractivity (Wildman–Crippen MR) is 362 cm³/mol. The number of ether oxygens (including phenoxy) is 7. The number of fused-ring (bicyclic) bond motifs is 13. The number of benzene rings is 5. The minimum atomic E-state index is -2.17. The van der Waals surface area contributed by atoms with Crippen molar-refractivity contribution >= 4 is 64.6 Å². The van der Waals surface area contributed by atoms with E-state index in [-0.39, 0.29) is 80.0 Å². The number of likely N-dealkylation sites (N-methyl/N-ethyl adjacent to an activating group) is 2. The van der Waals surface area contributed by atoms with Crippen molar-refractivity contribution in [1.29, 1.82) is 0 Å². The number of methoxy groups -OCH3 is 1. The summed E-state index contributed by atoms with van der Waals surface area (Å²) in [6.45, 7) is 5.76. The van der Waals surface area contributed by atoms with Crippen LogP contribution in [0.3, 0.4) is 0 Å². The number of phenolic OH excluding ortho intramolecular Hbond substituents is 2. The number of primary amides is 1. The van der Waals surface area contributed by atoms with Gasteiger partial charge in [0, 0.05) is 36.2 Å². The summed E-state index contributed by atoms with van der Waals surface area (Å²) >= 11 is 14.1. The fraction of sp³-hybridized carbons (Fsp3) is 0.456. The Morgan fingerprint density at radius 2 is 1.55 bits per heavy atom. The topological polar surface area (TPSA) is 523 Å². The molecule has 0 saturated carbocycles. The van der Waals surface area contributed by atoms with Crippen LogP contribution in [0.2, 0.25) is 10.0 Å². The molecule has 5 heterocycles. The van der Waals surface area contributed by atoms with Crippen molar-refractivity contribution in [1.82, 2.24) is 37.2 Å². The summed E-state index contributed by atoms with van der Waals surface area (Å²) in [5.74, 6) is -11.2. The molecule has 2 fully saturated rings. The maximum atomic E-state index is 14.8. The molecule has 0 aliphatic carbocycles. The van der Waals surface area contributed by atoms with Gasteiger partial charge >= 0.3 is 5.97 Å². The molecule has 558 valence electrons. The predicted octanol–water partition coefficient (Wildman–Crippen LogP) is 0.319. The summed E-state index contributed by atoms with van der Waals surface area (Å²) in [7, 11) is 3.94. The van der Waals surface area contributed by atoms with Crippen LogP contribution in [0.4, 0.5) is 0 Å². The molecule has 0 aromatic heterocycles. The van der Waals surface area contributed by atoms with Crippen LogP contribution >= 0.6 is 23.2 Å². The number of rotatable bonds is 19. The zero-order valence-electron chi connectivity index (χ0n) is 56.5. The molecule has 6 amide bonds. The zero-order chi connectivity index (χ0) is 75.4. The molecule has 21 N–H and O–H groups in total. The Hall–Kier alpha value is -8.75. The normalized spacial score (nSPS) is 28.1. The smallest absolute Gasteiger partial charge is 0.325 e. The molecule has 6 bridgehead atoms. The van der Waals surface area contributed by atoms with Gasteiger partial charge in [-0.15, -0.1) is 0 Å². The third kappa shape index (κ3) is 17.7. The number of carbonyl (C=O) groups is 7. The van der Waals surface area contributed by atoms with Gasteiger partial charge in [0.25, 0.3) is 0 Å². The summed E-state index contributed by atoms with van der Waals surface area (Å²) in [4.78, 5) is 97.6. The van der Waals surface area contributed by atoms with Crippen LogP contribution in [0, 0.1) is 5.92 Å². The van der Waals surface area contributed by atoms with Crippen LogP contribution in [-0.4, -0.2) is 205 Å². The number of hydrogen-bond donors (Lipinski definition) is 19. The molecule has 5 aromatic carbocycles. The fourth-order valence-corrected chi connectivity index (χ4v) is 12.9. The van der Waals surface area contributed by atoms with E-state index in [1.807, 2.05) is 13.8 Å². The molecule has 35 heteroatoms. The Balaban J connectivity index is 1.20. The number of halogens is 2. The van der Waals surface area contributed by atoms with Crippen molar-refractivity contribution < 1.29 is 118 Å². The number of aromatic hydroxyl groups is 2. The number of amides is 6. The number of nitrogens with one attached hydrogen (secondary N) is 7. The van der Waals surface area contributed by atoms with Gasteiger partial charge in [0.05, 0.1) is 60.9 Å². The van der Waals surface area contributed by atoms with Gasteiger partial charge in [-0.25, -0.2) is 0 Å².